The normalized spacial score (nSPS) is 20.8. The summed E-state index contributed by atoms with van der Waals surface area (Å²) in [5.41, 5.74) is 0.213. The molecule has 1 atom stereocenters. The van der Waals surface area contributed by atoms with Crippen LogP contribution in [0, 0.1) is 24.2 Å². The maximum Gasteiger partial charge on any atom is 0.347 e. The first-order valence-corrected chi connectivity index (χ1v) is 7.83. The molecule has 116 valence electrons. The van der Waals surface area contributed by atoms with Crippen LogP contribution in [0.1, 0.15) is 40.6 Å². The minimum absolute atomic E-state index is 0.212. The van der Waals surface area contributed by atoms with Gasteiger partial charge in [0.05, 0.1) is 18.4 Å². The molecule has 1 heterocycles. The third-order valence-electron chi connectivity index (χ3n) is 3.29. The van der Waals surface area contributed by atoms with E-state index in [2.05, 4.69) is 11.1 Å². The molecule has 0 bridgehead atoms. The number of hydrogen-bond donors (Lipinski definition) is 1. The summed E-state index contributed by atoms with van der Waals surface area (Å²) in [4.78, 5) is 15.9. The lowest BCUT2D eigenvalue weighted by Crippen LogP contribution is -2.31. The van der Waals surface area contributed by atoms with E-state index in [0.717, 1.165) is 11.3 Å². The molecule has 0 aromatic carbocycles. The van der Waals surface area contributed by atoms with Crippen LogP contribution < -0.4 is 0 Å². The molecule has 0 spiro atoms. The number of aromatic nitrogens is 1. The Balaban J connectivity index is 2.44. The molecule has 0 saturated heterocycles. The summed E-state index contributed by atoms with van der Waals surface area (Å²) in [6.45, 7) is 6.26. The summed E-state index contributed by atoms with van der Waals surface area (Å²) >= 11 is 1.11. The summed E-state index contributed by atoms with van der Waals surface area (Å²) in [7, 11) is 0. The third kappa shape index (κ3) is 3.26. The van der Waals surface area contributed by atoms with Gasteiger partial charge in [0.1, 0.15) is 15.5 Å². The maximum absolute atomic E-state index is 11.3. The Morgan fingerprint density at radius 1 is 1.64 bits per heavy atom. The van der Waals surface area contributed by atoms with E-state index < -0.39 is 11.6 Å². The zero-order valence-corrected chi connectivity index (χ0v) is 13.6. The Bertz CT molecular complexity index is 682. The number of carboxylic acid groups (broad SMARTS) is 1. The lowest BCUT2D eigenvalue weighted by Gasteiger charge is -2.31. The highest BCUT2D eigenvalue weighted by Crippen LogP contribution is 2.40. The van der Waals surface area contributed by atoms with E-state index in [9.17, 15) is 15.2 Å². The fourth-order valence-corrected chi connectivity index (χ4v) is 3.22. The molecule has 1 aliphatic carbocycles. The number of rotatable bonds is 5. The van der Waals surface area contributed by atoms with Crippen molar-refractivity contribution in [3.05, 3.63) is 39.4 Å². The summed E-state index contributed by atoms with van der Waals surface area (Å²) < 4.78 is 6.07. The van der Waals surface area contributed by atoms with Gasteiger partial charge in [-0.05, 0) is 25.0 Å². The van der Waals surface area contributed by atoms with Crippen molar-refractivity contribution in [2.24, 2.45) is 5.92 Å². The molecule has 1 aromatic rings. The van der Waals surface area contributed by atoms with E-state index in [1.165, 1.54) is 0 Å². The molecule has 0 amide bonds. The Kier molecular flexibility index (Phi) is 4.79. The van der Waals surface area contributed by atoms with Crippen LogP contribution >= 0.6 is 11.3 Å². The first kappa shape index (κ1) is 16.4. The fourth-order valence-electron chi connectivity index (χ4n) is 2.20. The Hall–Kier alpha value is -1.97. The molecule has 1 unspecified atom stereocenters. The standard InChI is InChI=1S/C16H18N2O3S/c1-10(2)9-21-16(6-4-5-12(7-16)8-17)15-18-11(3)13(22-15)14(19)20/h4-6,10H,7,9H2,1-3H3,(H,19,20). The van der Waals surface area contributed by atoms with Crippen LogP contribution in [-0.2, 0) is 10.3 Å². The minimum atomic E-state index is -0.990. The second-order valence-electron chi connectivity index (χ2n) is 5.67. The van der Waals surface area contributed by atoms with Gasteiger partial charge in [-0.25, -0.2) is 9.78 Å². The number of thiazole rings is 1. The highest BCUT2D eigenvalue weighted by atomic mass is 32.1. The van der Waals surface area contributed by atoms with Crippen molar-refractivity contribution in [1.29, 1.82) is 5.26 Å². The van der Waals surface area contributed by atoms with Crippen LogP contribution in [0.25, 0.3) is 0 Å². The third-order valence-corrected chi connectivity index (χ3v) is 4.59. The molecular formula is C16H18N2O3S. The number of nitrogens with zero attached hydrogens (tertiary/aromatic N) is 2. The van der Waals surface area contributed by atoms with Gasteiger partial charge in [-0.3, -0.25) is 0 Å². The number of allylic oxidation sites excluding steroid dienone is 2. The van der Waals surface area contributed by atoms with Crippen LogP contribution in [0.5, 0.6) is 0 Å². The highest BCUT2D eigenvalue weighted by molar-refractivity contribution is 7.13. The zero-order valence-electron chi connectivity index (χ0n) is 12.8. The number of carboxylic acids is 1. The van der Waals surface area contributed by atoms with E-state index in [-0.39, 0.29) is 4.88 Å². The van der Waals surface area contributed by atoms with Gasteiger partial charge >= 0.3 is 5.97 Å². The van der Waals surface area contributed by atoms with Crippen molar-refractivity contribution in [3.63, 3.8) is 0 Å². The minimum Gasteiger partial charge on any atom is -0.477 e. The average Bonchev–Trinajstić information content (AvgIpc) is 2.88. The van der Waals surface area contributed by atoms with Crippen LogP contribution in [0.15, 0.2) is 23.8 Å². The van der Waals surface area contributed by atoms with Crippen molar-refractivity contribution < 1.29 is 14.6 Å². The maximum atomic E-state index is 11.3. The molecule has 1 aromatic heterocycles. The number of ether oxygens (including phenoxy) is 1. The van der Waals surface area contributed by atoms with Crippen LogP contribution in [0.3, 0.4) is 0 Å². The van der Waals surface area contributed by atoms with Crippen LogP contribution in [-0.4, -0.2) is 22.7 Å². The van der Waals surface area contributed by atoms with Crippen molar-refractivity contribution in [2.75, 3.05) is 6.61 Å². The molecule has 0 saturated carbocycles. The predicted octanol–water partition coefficient (Wildman–Crippen LogP) is 3.43. The number of aryl methyl sites for hydroxylation is 1. The van der Waals surface area contributed by atoms with Gasteiger partial charge in [0, 0.05) is 12.0 Å². The quantitative estimate of drug-likeness (QED) is 0.899. The van der Waals surface area contributed by atoms with Crippen molar-refractivity contribution in [1.82, 2.24) is 4.98 Å². The Labute approximate surface area is 133 Å². The topological polar surface area (TPSA) is 83.2 Å². The Morgan fingerprint density at radius 3 is 2.91 bits per heavy atom. The first-order chi connectivity index (χ1) is 10.4. The van der Waals surface area contributed by atoms with Gasteiger partial charge in [0.25, 0.3) is 0 Å². The summed E-state index contributed by atoms with van der Waals surface area (Å²) in [5, 5.41) is 19.0. The molecule has 1 aliphatic rings. The number of hydrogen-bond acceptors (Lipinski definition) is 5. The number of carbonyl (C=O) groups is 1. The molecule has 1 N–H and O–H groups in total. The summed E-state index contributed by atoms with van der Waals surface area (Å²) in [6.07, 6.45) is 5.76. The predicted molar refractivity (Wildman–Crippen MR) is 83.7 cm³/mol. The molecular weight excluding hydrogens is 300 g/mol. The Morgan fingerprint density at radius 2 is 2.36 bits per heavy atom. The second kappa shape index (κ2) is 6.42. The van der Waals surface area contributed by atoms with Crippen LogP contribution in [0.4, 0.5) is 0 Å². The number of nitriles is 1. The van der Waals surface area contributed by atoms with E-state index >= 15 is 0 Å². The average molecular weight is 318 g/mol. The van der Waals surface area contributed by atoms with E-state index in [0.29, 0.717) is 35.2 Å². The monoisotopic (exact) mass is 318 g/mol. The lowest BCUT2D eigenvalue weighted by atomic mass is 9.90. The van der Waals surface area contributed by atoms with Gasteiger partial charge in [0.15, 0.2) is 0 Å². The smallest absolute Gasteiger partial charge is 0.347 e. The largest absolute Gasteiger partial charge is 0.477 e. The molecule has 2 rings (SSSR count). The second-order valence-corrected chi connectivity index (χ2v) is 6.67. The van der Waals surface area contributed by atoms with Gasteiger partial charge in [-0.1, -0.05) is 19.9 Å². The van der Waals surface area contributed by atoms with Gasteiger partial charge < -0.3 is 9.84 Å². The molecule has 0 aliphatic heterocycles. The lowest BCUT2D eigenvalue weighted by molar-refractivity contribution is -0.0262. The van der Waals surface area contributed by atoms with Crippen molar-refractivity contribution >= 4 is 17.3 Å². The summed E-state index contributed by atoms with van der Waals surface area (Å²) in [5.74, 6) is -0.669. The molecule has 5 nitrogen and oxygen atoms in total. The number of aromatic carboxylic acids is 1. The van der Waals surface area contributed by atoms with Gasteiger partial charge in [-0.2, -0.15) is 5.26 Å². The molecule has 0 fully saturated rings. The van der Waals surface area contributed by atoms with Crippen LogP contribution in [0.2, 0.25) is 0 Å². The van der Waals surface area contributed by atoms with Crippen molar-refractivity contribution in [2.45, 2.75) is 32.8 Å². The van der Waals surface area contributed by atoms with E-state index in [1.807, 2.05) is 19.9 Å². The van der Waals surface area contributed by atoms with E-state index in [4.69, 9.17) is 4.74 Å². The fraction of sp³-hybridized carbons (Fsp3) is 0.438. The zero-order chi connectivity index (χ0) is 16.3. The van der Waals surface area contributed by atoms with Gasteiger partial charge in [0.2, 0.25) is 0 Å². The summed E-state index contributed by atoms with van der Waals surface area (Å²) in [6, 6.07) is 2.15. The van der Waals surface area contributed by atoms with Crippen molar-refractivity contribution in [3.8, 4) is 6.07 Å². The SMILES string of the molecule is Cc1nc(C2(OCC(C)C)C=CC=C(C#N)C2)sc1C(=O)O. The van der Waals surface area contributed by atoms with Gasteiger partial charge in [-0.15, -0.1) is 11.3 Å². The molecule has 22 heavy (non-hydrogen) atoms. The highest BCUT2D eigenvalue weighted by Gasteiger charge is 2.37. The van der Waals surface area contributed by atoms with E-state index in [1.54, 1.807) is 19.1 Å². The first-order valence-electron chi connectivity index (χ1n) is 7.01. The molecule has 6 heteroatoms. The molecule has 0 radical (unpaired) electrons.